The highest BCUT2D eigenvalue weighted by Gasteiger charge is 2.20. The number of para-hydroxylation sites is 1. The quantitative estimate of drug-likeness (QED) is 0.736. The van der Waals surface area contributed by atoms with Crippen molar-refractivity contribution in [2.45, 2.75) is 13.1 Å². The SMILES string of the molecule is c1ccc(N2Cc3c[nH]nc3C2)cc1. The molecule has 0 fully saturated rings. The summed E-state index contributed by atoms with van der Waals surface area (Å²) in [6, 6.07) is 10.4. The van der Waals surface area contributed by atoms with E-state index in [-0.39, 0.29) is 0 Å². The monoisotopic (exact) mass is 185 g/mol. The molecule has 0 amide bonds. The fraction of sp³-hybridized carbons (Fsp3) is 0.182. The third kappa shape index (κ3) is 1.09. The average Bonchev–Trinajstić information content (AvgIpc) is 2.78. The zero-order valence-corrected chi connectivity index (χ0v) is 7.77. The molecule has 0 atom stereocenters. The third-order valence-electron chi connectivity index (χ3n) is 2.63. The lowest BCUT2D eigenvalue weighted by Crippen LogP contribution is -2.14. The second-order valence-electron chi connectivity index (χ2n) is 3.55. The fourth-order valence-electron chi connectivity index (χ4n) is 1.88. The van der Waals surface area contributed by atoms with Crippen molar-refractivity contribution >= 4 is 5.69 Å². The van der Waals surface area contributed by atoms with Crippen LogP contribution in [0, 0.1) is 0 Å². The number of benzene rings is 1. The van der Waals surface area contributed by atoms with Crippen molar-refractivity contribution in [3.8, 4) is 0 Å². The van der Waals surface area contributed by atoms with Crippen molar-refractivity contribution in [1.29, 1.82) is 0 Å². The van der Waals surface area contributed by atoms with Crippen molar-refractivity contribution in [2.24, 2.45) is 0 Å². The first-order chi connectivity index (χ1) is 6.93. The molecule has 0 radical (unpaired) electrons. The highest BCUT2D eigenvalue weighted by atomic mass is 15.2. The Morgan fingerprint density at radius 3 is 2.79 bits per heavy atom. The molecule has 0 aliphatic carbocycles. The molecule has 3 rings (SSSR count). The molecule has 14 heavy (non-hydrogen) atoms. The largest absolute Gasteiger partial charge is 0.361 e. The van der Waals surface area contributed by atoms with E-state index in [1.807, 2.05) is 12.3 Å². The van der Waals surface area contributed by atoms with Gasteiger partial charge in [0, 0.05) is 24.0 Å². The number of anilines is 1. The maximum Gasteiger partial charge on any atom is 0.0865 e. The number of fused-ring (bicyclic) bond motifs is 1. The number of hydrogen-bond acceptors (Lipinski definition) is 2. The molecule has 0 saturated carbocycles. The van der Waals surface area contributed by atoms with Gasteiger partial charge in [-0.05, 0) is 12.1 Å². The Balaban J connectivity index is 1.89. The van der Waals surface area contributed by atoms with Gasteiger partial charge in [0.1, 0.15) is 0 Å². The molecule has 2 heterocycles. The molecule has 0 saturated heterocycles. The van der Waals surface area contributed by atoms with Crippen molar-refractivity contribution in [3.63, 3.8) is 0 Å². The molecule has 70 valence electrons. The van der Waals surface area contributed by atoms with Gasteiger partial charge in [0.15, 0.2) is 0 Å². The minimum atomic E-state index is 0.919. The Kier molecular flexibility index (Phi) is 1.56. The van der Waals surface area contributed by atoms with E-state index in [4.69, 9.17) is 0 Å². The first-order valence-corrected chi connectivity index (χ1v) is 4.75. The minimum absolute atomic E-state index is 0.919. The van der Waals surface area contributed by atoms with Gasteiger partial charge in [-0.25, -0.2) is 0 Å². The summed E-state index contributed by atoms with van der Waals surface area (Å²) in [5, 5.41) is 7.10. The highest BCUT2D eigenvalue weighted by Crippen LogP contribution is 2.25. The molecule has 1 aliphatic rings. The molecule has 1 aromatic heterocycles. The average molecular weight is 185 g/mol. The van der Waals surface area contributed by atoms with Gasteiger partial charge in [-0.1, -0.05) is 18.2 Å². The normalized spacial score (nSPS) is 14.4. The van der Waals surface area contributed by atoms with Crippen LogP contribution < -0.4 is 4.90 Å². The fourth-order valence-corrected chi connectivity index (χ4v) is 1.88. The topological polar surface area (TPSA) is 31.9 Å². The number of nitrogens with zero attached hydrogens (tertiary/aromatic N) is 2. The van der Waals surface area contributed by atoms with E-state index in [1.54, 1.807) is 0 Å². The van der Waals surface area contributed by atoms with E-state index >= 15 is 0 Å². The third-order valence-corrected chi connectivity index (χ3v) is 2.63. The van der Waals surface area contributed by atoms with Crippen molar-refractivity contribution < 1.29 is 0 Å². The number of hydrogen-bond donors (Lipinski definition) is 1. The van der Waals surface area contributed by atoms with Crippen LogP contribution in [0.25, 0.3) is 0 Å². The van der Waals surface area contributed by atoms with Gasteiger partial charge in [-0.2, -0.15) is 5.10 Å². The van der Waals surface area contributed by atoms with Gasteiger partial charge in [-0.3, -0.25) is 5.10 Å². The van der Waals surface area contributed by atoms with Crippen LogP contribution in [0.2, 0.25) is 0 Å². The lowest BCUT2D eigenvalue weighted by atomic mass is 10.3. The van der Waals surface area contributed by atoms with Crippen LogP contribution in [0.15, 0.2) is 36.5 Å². The summed E-state index contributed by atoms with van der Waals surface area (Å²) >= 11 is 0. The molecule has 3 heteroatoms. The van der Waals surface area contributed by atoms with Crippen LogP contribution in [0.3, 0.4) is 0 Å². The lowest BCUT2D eigenvalue weighted by molar-refractivity contribution is 0.843. The molecule has 1 aromatic carbocycles. The first kappa shape index (κ1) is 7.62. The van der Waals surface area contributed by atoms with Gasteiger partial charge < -0.3 is 4.90 Å². The van der Waals surface area contributed by atoms with Gasteiger partial charge in [-0.15, -0.1) is 0 Å². The Morgan fingerprint density at radius 1 is 1.14 bits per heavy atom. The number of nitrogens with one attached hydrogen (secondary N) is 1. The van der Waals surface area contributed by atoms with Crippen LogP contribution in [0.5, 0.6) is 0 Å². The molecular weight excluding hydrogens is 174 g/mol. The zero-order chi connectivity index (χ0) is 9.38. The van der Waals surface area contributed by atoms with E-state index in [2.05, 4.69) is 39.4 Å². The maximum absolute atomic E-state index is 4.21. The van der Waals surface area contributed by atoms with Crippen LogP contribution in [0.1, 0.15) is 11.3 Å². The number of aromatic amines is 1. The molecule has 0 bridgehead atoms. The van der Waals surface area contributed by atoms with E-state index in [0.717, 1.165) is 13.1 Å². The molecule has 0 spiro atoms. The second-order valence-corrected chi connectivity index (χ2v) is 3.55. The predicted molar refractivity (Wildman–Crippen MR) is 54.9 cm³/mol. The van der Waals surface area contributed by atoms with E-state index < -0.39 is 0 Å². The van der Waals surface area contributed by atoms with Crippen LogP contribution in [-0.2, 0) is 13.1 Å². The molecule has 3 nitrogen and oxygen atoms in total. The predicted octanol–water partition coefficient (Wildman–Crippen LogP) is 1.93. The lowest BCUT2D eigenvalue weighted by Gasteiger charge is -2.16. The molecule has 1 aliphatic heterocycles. The van der Waals surface area contributed by atoms with E-state index in [1.165, 1.54) is 16.9 Å². The first-order valence-electron chi connectivity index (χ1n) is 4.75. The molecule has 1 N–H and O–H groups in total. The summed E-state index contributed by atoms with van der Waals surface area (Å²) < 4.78 is 0. The number of aromatic nitrogens is 2. The van der Waals surface area contributed by atoms with Gasteiger partial charge >= 0.3 is 0 Å². The van der Waals surface area contributed by atoms with Crippen LogP contribution in [-0.4, -0.2) is 10.2 Å². The Hall–Kier alpha value is -1.77. The summed E-state index contributed by atoms with van der Waals surface area (Å²) in [5.74, 6) is 0. The smallest absolute Gasteiger partial charge is 0.0865 e. The molecule has 2 aromatic rings. The van der Waals surface area contributed by atoms with Crippen LogP contribution in [0.4, 0.5) is 5.69 Å². The molecular formula is C11H11N3. The van der Waals surface area contributed by atoms with Gasteiger partial charge in [0.25, 0.3) is 0 Å². The minimum Gasteiger partial charge on any atom is -0.361 e. The number of H-pyrrole nitrogens is 1. The summed E-state index contributed by atoms with van der Waals surface area (Å²) in [6.45, 7) is 1.89. The van der Waals surface area contributed by atoms with Crippen LogP contribution >= 0.6 is 0 Å². The maximum atomic E-state index is 4.21. The van der Waals surface area contributed by atoms with Crippen molar-refractivity contribution in [2.75, 3.05) is 4.90 Å². The van der Waals surface area contributed by atoms with Gasteiger partial charge in [0.2, 0.25) is 0 Å². The zero-order valence-electron chi connectivity index (χ0n) is 7.77. The van der Waals surface area contributed by atoms with Gasteiger partial charge in [0.05, 0.1) is 12.2 Å². The number of rotatable bonds is 1. The summed E-state index contributed by atoms with van der Waals surface area (Å²) in [5.41, 5.74) is 3.76. The summed E-state index contributed by atoms with van der Waals surface area (Å²) in [6.07, 6.45) is 1.98. The Labute approximate surface area is 82.4 Å². The molecule has 0 unspecified atom stereocenters. The summed E-state index contributed by atoms with van der Waals surface area (Å²) in [4.78, 5) is 2.32. The van der Waals surface area contributed by atoms with E-state index in [0.29, 0.717) is 0 Å². The second kappa shape index (κ2) is 2.87. The summed E-state index contributed by atoms with van der Waals surface area (Å²) in [7, 11) is 0. The standard InChI is InChI=1S/C11H11N3/c1-2-4-10(5-3-1)14-7-9-6-12-13-11(9)8-14/h1-6H,7-8H2,(H,12,13). The van der Waals surface area contributed by atoms with Crippen molar-refractivity contribution in [1.82, 2.24) is 10.2 Å². The van der Waals surface area contributed by atoms with E-state index in [9.17, 15) is 0 Å². The van der Waals surface area contributed by atoms with Crippen molar-refractivity contribution in [3.05, 3.63) is 47.8 Å². The highest BCUT2D eigenvalue weighted by molar-refractivity contribution is 5.49. The Bertz CT molecular complexity index is 412. The Morgan fingerprint density at radius 2 is 2.00 bits per heavy atom.